The number of likely N-dealkylation sites (tertiary alicyclic amines) is 1. The fraction of sp³-hybridized carbons (Fsp3) is 0.846. The van der Waals surface area contributed by atoms with E-state index >= 15 is 0 Å². The summed E-state index contributed by atoms with van der Waals surface area (Å²) in [5.41, 5.74) is -0.236. The lowest BCUT2D eigenvalue weighted by Crippen LogP contribution is -2.52. The van der Waals surface area contributed by atoms with Gasteiger partial charge in [-0.05, 0) is 25.8 Å². The maximum atomic E-state index is 12.4. The monoisotopic (exact) mass is 253 g/mol. The van der Waals surface area contributed by atoms with Crippen molar-refractivity contribution in [2.75, 3.05) is 26.7 Å². The van der Waals surface area contributed by atoms with Crippen LogP contribution in [0.4, 0.5) is 0 Å². The number of carbonyl (C=O) groups is 2. The van der Waals surface area contributed by atoms with E-state index < -0.39 is 0 Å². The van der Waals surface area contributed by atoms with Crippen molar-refractivity contribution in [3.05, 3.63) is 0 Å². The van der Waals surface area contributed by atoms with Crippen LogP contribution >= 0.6 is 0 Å². The molecule has 2 fully saturated rings. The molecule has 2 amide bonds. The third-order valence-corrected chi connectivity index (χ3v) is 4.36. The Balaban J connectivity index is 1.93. The molecule has 0 saturated carbocycles. The highest BCUT2D eigenvalue weighted by Crippen LogP contribution is 2.30. The lowest BCUT2D eigenvalue weighted by Gasteiger charge is -2.33. The van der Waals surface area contributed by atoms with Crippen LogP contribution in [-0.4, -0.2) is 49.4 Å². The van der Waals surface area contributed by atoms with Crippen molar-refractivity contribution in [2.45, 2.75) is 38.6 Å². The van der Waals surface area contributed by atoms with Gasteiger partial charge < -0.3 is 15.5 Å². The Labute approximate surface area is 108 Å². The van der Waals surface area contributed by atoms with Crippen molar-refractivity contribution in [2.24, 2.45) is 5.41 Å². The summed E-state index contributed by atoms with van der Waals surface area (Å²) in [5, 5.41) is 6.40. The number of amides is 2. The summed E-state index contributed by atoms with van der Waals surface area (Å²) in [6, 6.07) is 0.115. The maximum absolute atomic E-state index is 12.4. The fourth-order valence-electron chi connectivity index (χ4n) is 2.87. The molecule has 2 unspecified atom stereocenters. The van der Waals surface area contributed by atoms with Gasteiger partial charge in [0, 0.05) is 32.6 Å². The molecule has 2 heterocycles. The molecule has 2 atom stereocenters. The highest BCUT2D eigenvalue weighted by molar-refractivity contribution is 5.84. The number of likely N-dealkylation sites (N-methyl/N-ethyl adjacent to an activating group) is 1. The highest BCUT2D eigenvalue weighted by Gasteiger charge is 2.40. The van der Waals surface area contributed by atoms with Crippen molar-refractivity contribution in [1.82, 2.24) is 15.5 Å². The molecule has 2 saturated heterocycles. The molecule has 5 nitrogen and oxygen atoms in total. The zero-order valence-corrected chi connectivity index (χ0v) is 11.3. The molecule has 0 aliphatic carbocycles. The number of carbonyl (C=O) groups excluding carboxylic acids is 2. The molecule has 2 N–H and O–H groups in total. The summed E-state index contributed by atoms with van der Waals surface area (Å²) in [7, 11) is 1.80. The van der Waals surface area contributed by atoms with Gasteiger partial charge in [-0.3, -0.25) is 9.59 Å². The van der Waals surface area contributed by atoms with E-state index in [-0.39, 0.29) is 23.3 Å². The van der Waals surface area contributed by atoms with E-state index in [0.29, 0.717) is 13.0 Å². The molecule has 18 heavy (non-hydrogen) atoms. The smallest absolute Gasteiger partial charge is 0.227 e. The van der Waals surface area contributed by atoms with E-state index in [1.807, 2.05) is 0 Å². The Morgan fingerprint density at radius 3 is 2.94 bits per heavy atom. The minimum atomic E-state index is -0.236. The standard InChI is InChI=1S/C13H23N3O2/c1-3-13(6-7-14-9-13)12(18)15-10-4-5-11(17)16(2)8-10/h10,14H,3-9H2,1-2H3,(H,15,18). The van der Waals surface area contributed by atoms with Gasteiger partial charge in [0.1, 0.15) is 0 Å². The first kappa shape index (κ1) is 13.3. The minimum absolute atomic E-state index is 0.115. The molecule has 0 spiro atoms. The predicted octanol–water partition coefficient (Wildman–Crippen LogP) is 0.113. The van der Waals surface area contributed by atoms with E-state index in [9.17, 15) is 9.59 Å². The van der Waals surface area contributed by atoms with Crippen molar-refractivity contribution < 1.29 is 9.59 Å². The van der Waals surface area contributed by atoms with Crippen molar-refractivity contribution in [3.63, 3.8) is 0 Å². The summed E-state index contributed by atoms with van der Waals surface area (Å²) in [5.74, 6) is 0.330. The first-order valence-corrected chi connectivity index (χ1v) is 6.83. The van der Waals surface area contributed by atoms with E-state index in [0.717, 1.165) is 32.4 Å². The third-order valence-electron chi connectivity index (χ3n) is 4.36. The van der Waals surface area contributed by atoms with Crippen molar-refractivity contribution in [1.29, 1.82) is 0 Å². The van der Waals surface area contributed by atoms with Crippen LogP contribution in [0.15, 0.2) is 0 Å². The van der Waals surface area contributed by atoms with Gasteiger partial charge in [0.05, 0.1) is 5.41 Å². The largest absolute Gasteiger partial charge is 0.351 e. The Morgan fingerprint density at radius 2 is 2.39 bits per heavy atom. The van der Waals surface area contributed by atoms with E-state index in [1.54, 1.807) is 11.9 Å². The maximum Gasteiger partial charge on any atom is 0.227 e. The van der Waals surface area contributed by atoms with Crippen LogP contribution < -0.4 is 10.6 Å². The number of piperidine rings is 1. The number of hydrogen-bond donors (Lipinski definition) is 2. The number of nitrogens with one attached hydrogen (secondary N) is 2. The van der Waals surface area contributed by atoms with Crippen LogP contribution in [0.1, 0.15) is 32.6 Å². The first-order valence-electron chi connectivity index (χ1n) is 6.83. The molecule has 2 rings (SSSR count). The van der Waals surface area contributed by atoms with Crippen molar-refractivity contribution in [3.8, 4) is 0 Å². The second-order valence-corrected chi connectivity index (χ2v) is 5.54. The van der Waals surface area contributed by atoms with Crippen LogP contribution in [0.5, 0.6) is 0 Å². The number of rotatable bonds is 3. The Bertz CT molecular complexity index is 337. The molecule has 102 valence electrons. The quantitative estimate of drug-likeness (QED) is 0.750. The fourth-order valence-corrected chi connectivity index (χ4v) is 2.87. The predicted molar refractivity (Wildman–Crippen MR) is 69.0 cm³/mol. The summed E-state index contributed by atoms with van der Waals surface area (Å²) in [6.07, 6.45) is 3.09. The molecule has 5 heteroatoms. The number of hydrogen-bond acceptors (Lipinski definition) is 3. The Hall–Kier alpha value is -1.10. The minimum Gasteiger partial charge on any atom is -0.351 e. The molecule has 0 aromatic carbocycles. The summed E-state index contributed by atoms with van der Waals surface area (Å²) < 4.78 is 0. The highest BCUT2D eigenvalue weighted by atomic mass is 16.2. The second kappa shape index (κ2) is 5.26. The lowest BCUT2D eigenvalue weighted by atomic mass is 9.83. The molecule has 2 aliphatic heterocycles. The van der Waals surface area contributed by atoms with Gasteiger partial charge in [0.15, 0.2) is 0 Å². The van der Waals surface area contributed by atoms with Crippen LogP contribution in [0, 0.1) is 5.41 Å². The first-order chi connectivity index (χ1) is 8.57. The van der Waals surface area contributed by atoms with Gasteiger partial charge in [-0.25, -0.2) is 0 Å². The SMILES string of the molecule is CCC1(C(=O)NC2CCC(=O)N(C)C2)CCNC1. The normalized spacial score (nSPS) is 32.7. The van der Waals surface area contributed by atoms with E-state index in [4.69, 9.17) is 0 Å². The molecular formula is C13H23N3O2. The summed E-state index contributed by atoms with van der Waals surface area (Å²) >= 11 is 0. The van der Waals surface area contributed by atoms with E-state index in [2.05, 4.69) is 17.6 Å². The van der Waals surface area contributed by atoms with Crippen LogP contribution in [-0.2, 0) is 9.59 Å². The molecular weight excluding hydrogens is 230 g/mol. The average Bonchev–Trinajstić information content (AvgIpc) is 2.84. The van der Waals surface area contributed by atoms with Crippen LogP contribution in [0.3, 0.4) is 0 Å². The van der Waals surface area contributed by atoms with Gasteiger partial charge in [-0.1, -0.05) is 6.92 Å². The van der Waals surface area contributed by atoms with Gasteiger partial charge in [0.25, 0.3) is 0 Å². The average molecular weight is 253 g/mol. The molecule has 0 aromatic heterocycles. The molecule has 2 aliphatic rings. The van der Waals surface area contributed by atoms with Crippen LogP contribution in [0.2, 0.25) is 0 Å². The zero-order valence-electron chi connectivity index (χ0n) is 11.3. The zero-order chi connectivity index (χ0) is 13.2. The van der Waals surface area contributed by atoms with Gasteiger partial charge in [0.2, 0.25) is 11.8 Å². The van der Waals surface area contributed by atoms with Crippen molar-refractivity contribution >= 4 is 11.8 Å². The van der Waals surface area contributed by atoms with Gasteiger partial charge in [-0.15, -0.1) is 0 Å². The summed E-state index contributed by atoms with van der Waals surface area (Å²) in [6.45, 7) is 4.40. The topological polar surface area (TPSA) is 61.4 Å². The van der Waals surface area contributed by atoms with Crippen LogP contribution in [0.25, 0.3) is 0 Å². The molecule has 0 aromatic rings. The van der Waals surface area contributed by atoms with Gasteiger partial charge in [-0.2, -0.15) is 0 Å². The Morgan fingerprint density at radius 1 is 1.61 bits per heavy atom. The second-order valence-electron chi connectivity index (χ2n) is 5.54. The van der Waals surface area contributed by atoms with Gasteiger partial charge >= 0.3 is 0 Å². The lowest BCUT2D eigenvalue weighted by molar-refractivity contribution is -0.136. The molecule has 0 radical (unpaired) electrons. The molecule has 0 bridgehead atoms. The number of nitrogens with zero attached hydrogens (tertiary/aromatic N) is 1. The Kier molecular flexibility index (Phi) is 3.90. The summed E-state index contributed by atoms with van der Waals surface area (Å²) in [4.78, 5) is 25.5. The van der Waals surface area contributed by atoms with E-state index in [1.165, 1.54) is 0 Å². The third kappa shape index (κ3) is 2.51.